The molecule has 8 heteroatoms. The molecule has 2 saturated carbocycles. The Morgan fingerprint density at radius 1 is 0.778 bits per heavy atom. The molecule has 36 heavy (non-hydrogen) atoms. The van der Waals surface area contributed by atoms with E-state index in [9.17, 15) is 9.59 Å². The largest absolute Gasteiger partial charge is 0.466 e. The van der Waals surface area contributed by atoms with Crippen LogP contribution in [-0.2, 0) is 19.1 Å². The minimum absolute atomic E-state index is 0.0444. The van der Waals surface area contributed by atoms with Crippen LogP contribution in [0.5, 0.6) is 0 Å². The highest BCUT2D eigenvalue weighted by Gasteiger charge is 2.47. The van der Waals surface area contributed by atoms with E-state index in [0.717, 1.165) is 32.8 Å². The first kappa shape index (κ1) is 25.1. The molecule has 0 saturated heterocycles. The molecule has 0 spiro atoms. The SMILES string of the molecule is CCOC(=O)C1CC1c1c[nH]c2ccc(Br)cc12.CCOC(=O)C1CC1c1c[nH]c2ccc(Br)cc12. The van der Waals surface area contributed by atoms with Crippen LogP contribution in [0.1, 0.15) is 49.7 Å². The number of nitrogens with one attached hydrogen (secondary N) is 2. The molecule has 0 aliphatic heterocycles. The molecule has 6 rings (SSSR count). The maximum Gasteiger partial charge on any atom is 0.309 e. The van der Waals surface area contributed by atoms with Gasteiger partial charge in [-0.3, -0.25) is 9.59 Å². The first-order valence-electron chi connectivity index (χ1n) is 12.3. The molecule has 2 aromatic heterocycles. The molecule has 2 aliphatic rings. The average Bonchev–Trinajstić information content (AvgIpc) is 3.75. The van der Waals surface area contributed by atoms with Gasteiger partial charge in [-0.1, -0.05) is 31.9 Å². The van der Waals surface area contributed by atoms with Crippen molar-refractivity contribution in [2.45, 2.75) is 38.5 Å². The van der Waals surface area contributed by atoms with E-state index in [1.807, 2.05) is 50.5 Å². The van der Waals surface area contributed by atoms with Crippen molar-refractivity contribution < 1.29 is 19.1 Å². The van der Waals surface area contributed by atoms with Gasteiger partial charge in [0.15, 0.2) is 0 Å². The third-order valence-electron chi connectivity index (χ3n) is 6.91. The number of aromatic amines is 2. The Balaban J connectivity index is 0.000000148. The van der Waals surface area contributed by atoms with Crippen LogP contribution in [0.2, 0.25) is 0 Å². The highest BCUT2D eigenvalue weighted by Crippen LogP contribution is 2.51. The highest BCUT2D eigenvalue weighted by atomic mass is 79.9. The minimum Gasteiger partial charge on any atom is -0.466 e. The van der Waals surface area contributed by atoms with Crippen molar-refractivity contribution in [3.8, 4) is 0 Å². The van der Waals surface area contributed by atoms with Crippen LogP contribution in [0.4, 0.5) is 0 Å². The summed E-state index contributed by atoms with van der Waals surface area (Å²) in [6.07, 6.45) is 5.83. The number of hydrogen-bond acceptors (Lipinski definition) is 4. The van der Waals surface area contributed by atoms with Gasteiger partial charge in [0.1, 0.15) is 0 Å². The van der Waals surface area contributed by atoms with Gasteiger partial charge in [-0.2, -0.15) is 0 Å². The maximum atomic E-state index is 11.7. The zero-order chi connectivity index (χ0) is 25.4. The molecule has 4 unspecified atom stereocenters. The number of carbonyl (C=O) groups excluding carboxylic acids is 2. The summed E-state index contributed by atoms with van der Waals surface area (Å²) in [4.78, 5) is 29.9. The lowest BCUT2D eigenvalue weighted by molar-refractivity contribution is -0.145. The molecule has 4 aromatic rings. The maximum absolute atomic E-state index is 11.7. The van der Waals surface area contributed by atoms with Gasteiger partial charge >= 0.3 is 11.9 Å². The van der Waals surface area contributed by atoms with E-state index in [0.29, 0.717) is 25.0 Å². The van der Waals surface area contributed by atoms with Crippen molar-refractivity contribution in [1.82, 2.24) is 9.97 Å². The van der Waals surface area contributed by atoms with Gasteiger partial charge in [-0.15, -0.1) is 0 Å². The van der Waals surface area contributed by atoms with Crippen molar-refractivity contribution >= 4 is 65.6 Å². The molecule has 0 radical (unpaired) electrons. The summed E-state index contributed by atoms with van der Waals surface area (Å²) in [7, 11) is 0. The Hall–Kier alpha value is -2.58. The summed E-state index contributed by atoms with van der Waals surface area (Å²) in [5.41, 5.74) is 4.68. The van der Waals surface area contributed by atoms with Crippen LogP contribution in [0.25, 0.3) is 21.8 Å². The van der Waals surface area contributed by atoms with Crippen LogP contribution in [0.15, 0.2) is 57.7 Å². The Morgan fingerprint density at radius 3 is 1.58 bits per heavy atom. The summed E-state index contributed by atoms with van der Waals surface area (Å²) in [6.45, 7) is 4.61. The third kappa shape index (κ3) is 5.11. The molecule has 2 heterocycles. The van der Waals surface area contributed by atoms with E-state index in [1.165, 1.54) is 21.9 Å². The molecular formula is C28H28Br2N2O4. The molecule has 2 fully saturated rings. The normalized spacial score (nSPS) is 22.1. The summed E-state index contributed by atoms with van der Waals surface area (Å²) >= 11 is 6.97. The molecule has 0 amide bonds. The topological polar surface area (TPSA) is 84.2 Å². The van der Waals surface area contributed by atoms with Crippen molar-refractivity contribution in [2.24, 2.45) is 11.8 Å². The number of esters is 2. The second kappa shape index (κ2) is 10.4. The Morgan fingerprint density at radius 2 is 1.19 bits per heavy atom. The van der Waals surface area contributed by atoms with Gasteiger partial charge in [-0.25, -0.2) is 0 Å². The predicted molar refractivity (Wildman–Crippen MR) is 147 cm³/mol. The number of benzene rings is 2. The number of aromatic nitrogens is 2. The first-order chi connectivity index (χ1) is 17.4. The lowest BCUT2D eigenvalue weighted by Gasteiger charge is -2.00. The van der Waals surface area contributed by atoms with E-state index >= 15 is 0 Å². The lowest BCUT2D eigenvalue weighted by atomic mass is 10.1. The molecule has 6 nitrogen and oxygen atoms in total. The fraction of sp³-hybridized carbons (Fsp3) is 0.357. The molecule has 2 N–H and O–H groups in total. The van der Waals surface area contributed by atoms with E-state index in [-0.39, 0.29) is 23.8 Å². The average molecular weight is 616 g/mol. The summed E-state index contributed by atoms with van der Waals surface area (Å²) < 4.78 is 12.3. The fourth-order valence-corrected chi connectivity index (χ4v) is 5.66. The van der Waals surface area contributed by atoms with Crippen LogP contribution >= 0.6 is 31.9 Å². The van der Waals surface area contributed by atoms with E-state index in [2.05, 4.69) is 54.0 Å². The molecular weight excluding hydrogens is 588 g/mol. The summed E-state index contributed by atoms with van der Waals surface area (Å²) in [5, 5.41) is 2.39. The Labute approximate surface area is 226 Å². The number of hydrogen-bond donors (Lipinski definition) is 2. The molecule has 4 atom stereocenters. The number of carbonyl (C=O) groups is 2. The predicted octanol–water partition coefficient (Wildman–Crippen LogP) is 7.19. The summed E-state index contributed by atoms with van der Waals surface area (Å²) in [6, 6.07) is 12.3. The van der Waals surface area contributed by atoms with Gasteiger partial charge in [-0.05, 0) is 74.2 Å². The van der Waals surface area contributed by atoms with Crippen molar-refractivity contribution in [2.75, 3.05) is 13.2 Å². The highest BCUT2D eigenvalue weighted by molar-refractivity contribution is 9.10. The smallest absolute Gasteiger partial charge is 0.309 e. The number of ether oxygens (including phenoxy) is 2. The molecule has 0 bridgehead atoms. The van der Waals surface area contributed by atoms with Crippen LogP contribution in [0.3, 0.4) is 0 Å². The van der Waals surface area contributed by atoms with Crippen molar-refractivity contribution in [3.63, 3.8) is 0 Å². The number of fused-ring (bicyclic) bond motifs is 2. The molecule has 188 valence electrons. The lowest BCUT2D eigenvalue weighted by Crippen LogP contribution is -2.07. The van der Waals surface area contributed by atoms with Gasteiger partial charge in [0.25, 0.3) is 0 Å². The standard InChI is InChI=1S/2C14H14BrNO2/c2*1-2-18-14(17)11-6-9(11)12-7-16-13-4-3-8(15)5-10(12)13/h2*3-5,7,9,11,16H,2,6H2,1H3. The quantitative estimate of drug-likeness (QED) is 0.225. The van der Waals surface area contributed by atoms with Crippen molar-refractivity contribution in [3.05, 3.63) is 68.9 Å². The fourth-order valence-electron chi connectivity index (χ4n) is 4.94. The van der Waals surface area contributed by atoms with Gasteiger partial charge in [0.2, 0.25) is 0 Å². The minimum atomic E-state index is -0.0631. The summed E-state index contributed by atoms with van der Waals surface area (Å²) in [5.74, 6) is 0.587. The Bertz CT molecular complexity index is 1320. The van der Waals surface area contributed by atoms with Crippen molar-refractivity contribution in [1.29, 1.82) is 0 Å². The zero-order valence-electron chi connectivity index (χ0n) is 20.1. The van der Waals surface area contributed by atoms with Gasteiger partial charge < -0.3 is 19.4 Å². The number of halogens is 2. The zero-order valence-corrected chi connectivity index (χ0v) is 23.3. The van der Waals surface area contributed by atoms with Gasteiger partial charge in [0.05, 0.1) is 25.0 Å². The number of H-pyrrole nitrogens is 2. The molecule has 2 aliphatic carbocycles. The van der Waals surface area contributed by atoms with E-state index in [1.54, 1.807) is 0 Å². The van der Waals surface area contributed by atoms with Crippen LogP contribution < -0.4 is 0 Å². The second-order valence-corrected chi connectivity index (χ2v) is 11.1. The monoisotopic (exact) mass is 614 g/mol. The third-order valence-corrected chi connectivity index (χ3v) is 7.90. The number of rotatable bonds is 6. The van der Waals surface area contributed by atoms with E-state index < -0.39 is 0 Å². The molecule has 2 aromatic carbocycles. The second-order valence-electron chi connectivity index (χ2n) is 9.27. The van der Waals surface area contributed by atoms with E-state index in [4.69, 9.17) is 9.47 Å². The van der Waals surface area contributed by atoms with Gasteiger partial charge in [0, 0.05) is 55.0 Å². The first-order valence-corrected chi connectivity index (χ1v) is 13.9. The van der Waals surface area contributed by atoms with Crippen LogP contribution in [0, 0.1) is 11.8 Å². The van der Waals surface area contributed by atoms with Crippen LogP contribution in [-0.4, -0.2) is 35.1 Å². The Kier molecular flexibility index (Phi) is 7.26.